The number of likely N-dealkylation sites (N-methyl/N-ethyl adjacent to an activating group) is 1. The average molecular weight is 396 g/mol. The van der Waals surface area contributed by atoms with Gasteiger partial charge in [-0.1, -0.05) is 12.1 Å². The van der Waals surface area contributed by atoms with Gasteiger partial charge in [0.1, 0.15) is 5.82 Å². The van der Waals surface area contributed by atoms with Crippen LogP contribution in [0.15, 0.2) is 24.3 Å². The minimum atomic E-state index is -0.320. The molecule has 0 spiro atoms. The number of amides is 2. The Labute approximate surface area is 163 Å². The zero-order valence-corrected chi connectivity index (χ0v) is 15.9. The van der Waals surface area contributed by atoms with Crippen molar-refractivity contribution in [1.29, 1.82) is 0 Å². The molecule has 2 amide bonds. The van der Waals surface area contributed by atoms with Gasteiger partial charge in [0.2, 0.25) is 5.91 Å². The van der Waals surface area contributed by atoms with Gasteiger partial charge in [0.25, 0.3) is 5.91 Å². The van der Waals surface area contributed by atoms with Crippen LogP contribution in [0.3, 0.4) is 0 Å². The zero-order valence-electron chi connectivity index (χ0n) is 15.0. The van der Waals surface area contributed by atoms with E-state index in [0.717, 1.165) is 29.8 Å². The van der Waals surface area contributed by atoms with Crippen LogP contribution in [0.2, 0.25) is 0 Å². The molecule has 27 heavy (non-hydrogen) atoms. The Bertz CT molecular complexity index is 794. The van der Waals surface area contributed by atoms with Crippen molar-refractivity contribution in [1.82, 2.24) is 25.7 Å². The van der Waals surface area contributed by atoms with Crippen LogP contribution in [0.25, 0.3) is 0 Å². The van der Waals surface area contributed by atoms with E-state index < -0.39 is 0 Å². The lowest BCUT2D eigenvalue weighted by Gasteiger charge is -2.21. The number of H-pyrrole nitrogens is 1. The molecular weight excluding hydrogens is 373 g/mol. The number of rotatable bonds is 6. The van der Waals surface area contributed by atoms with Crippen molar-refractivity contribution in [3.8, 4) is 0 Å². The molecule has 1 aliphatic rings. The quantitative estimate of drug-likeness (QED) is 0.689. The third-order valence-corrected chi connectivity index (χ3v) is 4.42. The summed E-state index contributed by atoms with van der Waals surface area (Å²) in [5.74, 6) is -0.850. The van der Waals surface area contributed by atoms with Crippen molar-refractivity contribution in [2.45, 2.75) is 26.4 Å². The maximum atomic E-state index is 12.9. The second kappa shape index (κ2) is 9.48. The molecule has 1 aliphatic heterocycles. The molecule has 3 rings (SSSR count). The van der Waals surface area contributed by atoms with Crippen molar-refractivity contribution < 1.29 is 14.0 Å². The Balaban J connectivity index is 0.00000261. The topological polar surface area (TPSA) is 90.1 Å². The molecule has 1 aromatic heterocycles. The SMILES string of the molecule is CCN(CC(=O)NCc1ccc(F)cc1)C(=O)c1n[nH]c2c1CNCC2.Cl. The number of benzene rings is 1. The molecule has 0 fully saturated rings. The van der Waals surface area contributed by atoms with Gasteiger partial charge in [-0.3, -0.25) is 14.7 Å². The molecule has 0 atom stereocenters. The second-order valence-corrected chi connectivity index (χ2v) is 6.18. The number of hydrogen-bond donors (Lipinski definition) is 3. The average Bonchev–Trinajstić information content (AvgIpc) is 3.09. The molecule has 0 aliphatic carbocycles. The lowest BCUT2D eigenvalue weighted by atomic mass is 10.1. The number of fused-ring (bicyclic) bond motifs is 1. The lowest BCUT2D eigenvalue weighted by Crippen LogP contribution is -2.41. The zero-order chi connectivity index (χ0) is 18.5. The highest BCUT2D eigenvalue weighted by Crippen LogP contribution is 2.17. The Morgan fingerprint density at radius 1 is 1.30 bits per heavy atom. The van der Waals surface area contributed by atoms with E-state index in [-0.39, 0.29) is 43.1 Å². The van der Waals surface area contributed by atoms with Gasteiger partial charge in [0.15, 0.2) is 5.69 Å². The Morgan fingerprint density at radius 3 is 2.74 bits per heavy atom. The molecule has 0 saturated heterocycles. The number of aromatic amines is 1. The number of carbonyl (C=O) groups excluding carboxylic acids is 2. The second-order valence-electron chi connectivity index (χ2n) is 6.18. The number of hydrogen-bond acceptors (Lipinski definition) is 4. The monoisotopic (exact) mass is 395 g/mol. The molecule has 7 nitrogen and oxygen atoms in total. The van der Waals surface area contributed by atoms with Crippen molar-refractivity contribution in [2.24, 2.45) is 0 Å². The van der Waals surface area contributed by atoms with Crippen LogP contribution in [0, 0.1) is 5.82 Å². The first-order valence-electron chi connectivity index (χ1n) is 8.65. The maximum Gasteiger partial charge on any atom is 0.275 e. The van der Waals surface area contributed by atoms with Gasteiger partial charge in [-0.05, 0) is 24.6 Å². The highest BCUT2D eigenvalue weighted by Gasteiger charge is 2.25. The molecule has 9 heteroatoms. The van der Waals surface area contributed by atoms with Crippen molar-refractivity contribution in [3.05, 3.63) is 52.6 Å². The summed E-state index contributed by atoms with van der Waals surface area (Å²) in [6.07, 6.45) is 0.805. The Hall–Kier alpha value is -2.45. The van der Waals surface area contributed by atoms with Crippen LogP contribution >= 0.6 is 12.4 Å². The van der Waals surface area contributed by atoms with Gasteiger partial charge in [-0.15, -0.1) is 12.4 Å². The molecular formula is C18H23ClFN5O2. The number of aromatic nitrogens is 2. The number of carbonyl (C=O) groups is 2. The summed E-state index contributed by atoms with van der Waals surface area (Å²) < 4.78 is 12.9. The van der Waals surface area contributed by atoms with E-state index in [2.05, 4.69) is 20.8 Å². The summed E-state index contributed by atoms with van der Waals surface area (Å²) in [7, 11) is 0. The lowest BCUT2D eigenvalue weighted by molar-refractivity contribution is -0.121. The summed E-state index contributed by atoms with van der Waals surface area (Å²) in [6, 6.07) is 5.92. The molecule has 0 saturated carbocycles. The molecule has 0 unspecified atom stereocenters. The van der Waals surface area contributed by atoms with Crippen LogP contribution < -0.4 is 10.6 Å². The minimum absolute atomic E-state index is 0. The van der Waals surface area contributed by atoms with Crippen molar-refractivity contribution in [2.75, 3.05) is 19.6 Å². The van der Waals surface area contributed by atoms with Crippen LogP contribution in [-0.4, -0.2) is 46.5 Å². The summed E-state index contributed by atoms with van der Waals surface area (Å²) in [6.45, 7) is 3.91. The van der Waals surface area contributed by atoms with Crippen molar-refractivity contribution in [3.63, 3.8) is 0 Å². The third-order valence-electron chi connectivity index (χ3n) is 4.42. The summed E-state index contributed by atoms with van der Waals surface area (Å²) in [4.78, 5) is 26.4. The predicted molar refractivity (Wildman–Crippen MR) is 101 cm³/mol. The molecule has 2 heterocycles. The smallest absolute Gasteiger partial charge is 0.275 e. The van der Waals surface area contributed by atoms with E-state index in [1.165, 1.54) is 17.0 Å². The number of halogens is 2. The van der Waals surface area contributed by atoms with E-state index in [1.54, 1.807) is 12.1 Å². The van der Waals surface area contributed by atoms with Gasteiger partial charge in [0.05, 0.1) is 6.54 Å². The maximum absolute atomic E-state index is 12.9. The summed E-state index contributed by atoms with van der Waals surface area (Å²) in [5.41, 5.74) is 3.03. The first kappa shape index (κ1) is 20.9. The Morgan fingerprint density at radius 2 is 2.04 bits per heavy atom. The van der Waals surface area contributed by atoms with Gasteiger partial charge in [-0.25, -0.2) is 4.39 Å². The van der Waals surface area contributed by atoms with Crippen LogP contribution in [0.4, 0.5) is 4.39 Å². The standard InChI is InChI=1S/C18H22FN5O2.ClH/c1-2-24(11-16(25)21-9-12-3-5-13(19)6-4-12)18(26)17-14-10-20-8-7-15(14)22-23-17;/h3-6,20H,2,7-11H2,1H3,(H,21,25)(H,22,23);1H. The highest BCUT2D eigenvalue weighted by molar-refractivity contribution is 5.96. The first-order chi connectivity index (χ1) is 12.6. The summed E-state index contributed by atoms with van der Waals surface area (Å²) >= 11 is 0. The summed E-state index contributed by atoms with van der Waals surface area (Å²) in [5, 5.41) is 13.0. The highest BCUT2D eigenvalue weighted by atomic mass is 35.5. The fourth-order valence-corrected chi connectivity index (χ4v) is 2.91. The first-order valence-corrected chi connectivity index (χ1v) is 8.65. The normalized spacial score (nSPS) is 12.7. The van der Waals surface area contributed by atoms with Gasteiger partial charge in [-0.2, -0.15) is 5.10 Å². The van der Waals surface area contributed by atoms with E-state index >= 15 is 0 Å². The largest absolute Gasteiger partial charge is 0.350 e. The Kier molecular flexibility index (Phi) is 7.32. The predicted octanol–water partition coefficient (Wildman–Crippen LogP) is 1.39. The van der Waals surface area contributed by atoms with Gasteiger partial charge >= 0.3 is 0 Å². The fourth-order valence-electron chi connectivity index (χ4n) is 2.91. The van der Waals surface area contributed by atoms with E-state index in [9.17, 15) is 14.0 Å². The molecule has 2 aromatic rings. The van der Waals surface area contributed by atoms with Gasteiger partial charge < -0.3 is 15.5 Å². The third kappa shape index (κ3) is 5.05. The van der Waals surface area contributed by atoms with Crippen molar-refractivity contribution >= 4 is 24.2 Å². The molecule has 146 valence electrons. The molecule has 0 bridgehead atoms. The van der Waals surface area contributed by atoms with Crippen LogP contribution in [-0.2, 0) is 24.3 Å². The number of nitrogens with zero attached hydrogens (tertiary/aromatic N) is 2. The van der Waals surface area contributed by atoms with Gasteiger partial charge in [0, 0.05) is 43.9 Å². The molecule has 3 N–H and O–H groups in total. The van der Waals surface area contributed by atoms with Crippen LogP contribution in [0.5, 0.6) is 0 Å². The van der Waals surface area contributed by atoms with Crippen LogP contribution in [0.1, 0.15) is 34.2 Å². The molecule has 1 aromatic carbocycles. The van der Waals surface area contributed by atoms with E-state index in [0.29, 0.717) is 18.8 Å². The number of nitrogens with one attached hydrogen (secondary N) is 3. The van der Waals surface area contributed by atoms with E-state index in [4.69, 9.17) is 0 Å². The van der Waals surface area contributed by atoms with E-state index in [1.807, 2.05) is 6.92 Å². The fraction of sp³-hybridized carbons (Fsp3) is 0.389. The molecule has 0 radical (unpaired) electrons. The minimum Gasteiger partial charge on any atom is -0.350 e.